The van der Waals surface area contributed by atoms with Gasteiger partial charge < -0.3 is 4.84 Å². The summed E-state index contributed by atoms with van der Waals surface area (Å²) in [6.45, 7) is 9.70. The predicted molar refractivity (Wildman–Crippen MR) is 57.4 cm³/mol. The average molecular weight is 198 g/mol. The number of nitriles is 1. The summed E-state index contributed by atoms with van der Waals surface area (Å²) in [6, 6.07) is 2.28. The first-order chi connectivity index (χ1) is 6.48. The van der Waals surface area contributed by atoms with Crippen LogP contribution in [0.2, 0.25) is 0 Å². The third kappa shape index (κ3) is 8.03. The largest absolute Gasteiger partial charge is 0.302 e. The van der Waals surface area contributed by atoms with Gasteiger partial charge in [-0.2, -0.15) is 5.26 Å². The molecule has 14 heavy (non-hydrogen) atoms. The molecule has 0 aliphatic heterocycles. The maximum atomic E-state index is 8.77. The Bertz CT molecular complexity index is 182. The summed E-state index contributed by atoms with van der Waals surface area (Å²) >= 11 is 0. The Morgan fingerprint density at radius 2 is 2.07 bits per heavy atom. The summed E-state index contributed by atoms with van der Waals surface area (Å²) < 4.78 is 0. The zero-order valence-electron chi connectivity index (χ0n) is 9.76. The SMILES string of the molecule is CC(C)CONCCCC(C)(C)C#N. The normalized spacial score (nSPS) is 11.7. The van der Waals surface area contributed by atoms with Gasteiger partial charge in [0.15, 0.2) is 0 Å². The van der Waals surface area contributed by atoms with Crippen molar-refractivity contribution in [3.8, 4) is 6.07 Å². The average Bonchev–Trinajstić information content (AvgIpc) is 2.10. The van der Waals surface area contributed by atoms with E-state index in [2.05, 4.69) is 25.4 Å². The molecule has 0 atom stereocenters. The van der Waals surface area contributed by atoms with Crippen LogP contribution in [0.4, 0.5) is 0 Å². The van der Waals surface area contributed by atoms with Crippen molar-refractivity contribution in [3.05, 3.63) is 0 Å². The van der Waals surface area contributed by atoms with Crippen molar-refractivity contribution in [2.45, 2.75) is 40.5 Å². The van der Waals surface area contributed by atoms with Crippen LogP contribution >= 0.6 is 0 Å². The third-order valence-corrected chi connectivity index (χ3v) is 1.90. The Labute approximate surface area is 87.4 Å². The van der Waals surface area contributed by atoms with Gasteiger partial charge in [0.2, 0.25) is 0 Å². The number of hydroxylamine groups is 1. The molecule has 0 rings (SSSR count). The van der Waals surface area contributed by atoms with Crippen LogP contribution in [0.5, 0.6) is 0 Å². The lowest BCUT2D eigenvalue weighted by Gasteiger charge is -2.14. The first-order valence-electron chi connectivity index (χ1n) is 5.24. The molecule has 0 fully saturated rings. The van der Waals surface area contributed by atoms with E-state index >= 15 is 0 Å². The molecule has 82 valence electrons. The molecule has 0 aromatic carbocycles. The van der Waals surface area contributed by atoms with Gasteiger partial charge in [0, 0.05) is 6.54 Å². The van der Waals surface area contributed by atoms with Gasteiger partial charge in [0.25, 0.3) is 0 Å². The van der Waals surface area contributed by atoms with Crippen LogP contribution in [0.25, 0.3) is 0 Å². The molecule has 0 amide bonds. The van der Waals surface area contributed by atoms with Crippen LogP contribution in [0, 0.1) is 22.7 Å². The van der Waals surface area contributed by atoms with Gasteiger partial charge in [-0.3, -0.25) is 0 Å². The molecule has 0 heterocycles. The molecule has 0 saturated heterocycles. The fraction of sp³-hybridized carbons (Fsp3) is 0.909. The second-order valence-corrected chi connectivity index (χ2v) is 4.70. The van der Waals surface area contributed by atoms with Crippen LogP contribution in [0.1, 0.15) is 40.5 Å². The fourth-order valence-corrected chi connectivity index (χ4v) is 0.956. The van der Waals surface area contributed by atoms with Gasteiger partial charge in [-0.25, -0.2) is 5.48 Å². The number of hydrogen-bond acceptors (Lipinski definition) is 3. The Morgan fingerprint density at radius 3 is 2.57 bits per heavy atom. The van der Waals surface area contributed by atoms with Gasteiger partial charge >= 0.3 is 0 Å². The Kier molecular flexibility index (Phi) is 6.52. The highest BCUT2D eigenvalue weighted by Crippen LogP contribution is 2.19. The van der Waals surface area contributed by atoms with Gasteiger partial charge in [0.05, 0.1) is 18.1 Å². The number of nitrogens with one attached hydrogen (secondary N) is 1. The summed E-state index contributed by atoms with van der Waals surface area (Å²) in [5, 5.41) is 8.77. The standard InChI is InChI=1S/C11H22N2O/c1-10(2)8-14-13-7-5-6-11(3,4)9-12/h10,13H,5-8H2,1-4H3. The minimum Gasteiger partial charge on any atom is -0.302 e. The van der Waals surface area contributed by atoms with Gasteiger partial charge in [-0.15, -0.1) is 0 Å². The molecule has 3 heteroatoms. The molecule has 0 aliphatic carbocycles. The Balaban J connectivity index is 3.27. The number of rotatable bonds is 7. The van der Waals surface area contributed by atoms with E-state index < -0.39 is 0 Å². The van der Waals surface area contributed by atoms with Crippen molar-refractivity contribution in [1.82, 2.24) is 5.48 Å². The molecular weight excluding hydrogens is 176 g/mol. The van der Waals surface area contributed by atoms with E-state index in [-0.39, 0.29) is 5.41 Å². The van der Waals surface area contributed by atoms with E-state index in [4.69, 9.17) is 10.1 Å². The summed E-state index contributed by atoms with van der Waals surface area (Å²) in [6.07, 6.45) is 1.88. The fourth-order valence-electron chi connectivity index (χ4n) is 0.956. The summed E-state index contributed by atoms with van der Waals surface area (Å²) in [7, 11) is 0. The highest BCUT2D eigenvalue weighted by atomic mass is 16.6. The molecule has 0 radical (unpaired) electrons. The van der Waals surface area contributed by atoms with Gasteiger partial charge in [-0.1, -0.05) is 13.8 Å². The minimum atomic E-state index is -0.209. The lowest BCUT2D eigenvalue weighted by molar-refractivity contribution is 0.0224. The van der Waals surface area contributed by atoms with E-state index in [9.17, 15) is 0 Å². The van der Waals surface area contributed by atoms with E-state index in [1.165, 1.54) is 0 Å². The molecule has 1 N–H and O–H groups in total. The molecule has 0 bridgehead atoms. The summed E-state index contributed by atoms with van der Waals surface area (Å²) in [5.74, 6) is 0.554. The first kappa shape index (κ1) is 13.4. The van der Waals surface area contributed by atoms with Crippen molar-refractivity contribution in [2.24, 2.45) is 11.3 Å². The molecule has 0 unspecified atom stereocenters. The molecule has 0 aromatic heterocycles. The van der Waals surface area contributed by atoms with Crippen LogP contribution in [-0.2, 0) is 4.84 Å². The highest BCUT2D eigenvalue weighted by molar-refractivity contribution is 4.91. The van der Waals surface area contributed by atoms with Crippen LogP contribution in [0.15, 0.2) is 0 Å². The highest BCUT2D eigenvalue weighted by Gasteiger charge is 2.15. The molecule has 0 saturated carbocycles. The molecule has 0 aromatic rings. The molecule has 0 aliphatic rings. The minimum absolute atomic E-state index is 0.209. The molecule has 3 nitrogen and oxygen atoms in total. The number of nitrogens with zero attached hydrogens (tertiary/aromatic N) is 1. The predicted octanol–water partition coefficient (Wildman–Crippen LogP) is 2.49. The van der Waals surface area contributed by atoms with E-state index in [0.717, 1.165) is 26.0 Å². The van der Waals surface area contributed by atoms with Crippen molar-refractivity contribution in [2.75, 3.05) is 13.2 Å². The topological polar surface area (TPSA) is 45.0 Å². The Morgan fingerprint density at radius 1 is 1.43 bits per heavy atom. The summed E-state index contributed by atoms with van der Waals surface area (Å²) in [4.78, 5) is 5.21. The van der Waals surface area contributed by atoms with Crippen LogP contribution < -0.4 is 5.48 Å². The van der Waals surface area contributed by atoms with Crippen molar-refractivity contribution >= 4 is 0 Å². The second-order valence-electron chi connectivity index (χ2n) is 4.70. The zero-order chi connectivity index (χ0) is 11.0. The maximum absolute atomic E-state index is 8.77. The lowest BCUT2D eigenvalue weighted by atomic mass is 9.90. The third-order valence-electron chi connectivity index (χ3n) is 1.90. The van der Waals surface area contributed by atoms with E-state index in [1.54, 1.807) is 0 Å². The zero-order valence-corrected chi connectivity index (χ0v) is 9.76. The van der Waals surface area contributed by atoms with Crippen molar-refractivity contribution in [1.29, 1.82) is 5.26 Å². The lowest BCUT2D eigenvalue weighted by Crippen LogP contribution is -2.20. The monoisotopic (exact) mass is 198 g/mol. The quantitative estimate of drug-likeness (QED) is 0.505. The van der Waals surface area contributed by atoms with Crippen LogP contribution in [-0.4, -0.2) is 13.2 Å². The summed E-state index contributed by atoms with van der Waals surface area (Å²) in [5.41, 5.74) is 2.70. The van der Waals surface area contributed by atoms with E-state index in [1.807, 2.05) is 13.8 Å². The molecular formula is C11H22N2O. The van der Waals surface area contributed by atoms with Gasteiger partial charge in [0.1, 0.15) is 0 Å². The second kappa shape index (κ2) is 6.80. The number of hydrogen-bond donors (Lipinski definition) is 1. The molecule has 0 spiro atoms. The van der Waals surface area contributed by atoms with Crippen molar-refractivity contribution in [3.63, 3.8) is 0 Å². The smallest absolute Gasteiger partial charge is 0.0705 e. The van der Waals surface area contributed by atoms with Crippen molar-refractivity contribution < 1.29 is 4.84 Å². The van der Waals surface area contributed by atoms with Crippen LogP contribution in [0.3, 0.4) is 0 Å². The van der Waals surface area contributed by atoms with E-state index in [0.29, 0.717) is 5.92 Å². The first-order valence-corrected chi connectivity index (χ1v) is 5.24. The Hall–Kier alpha value is -0.590. The maximum Gasteiger partial charge on any atom is 0.0705 e. The van der Waals surface area contributed by atoms with Gasteiger partial charge in [-0.05, 0) is 32.6 Å².